The van der Waals surface area contributed by atoms with Gasteiger partial charge in [0.25, 0.3) is 0 Å². The molecule has 3 rings (SSSR count). The Morgan fingerprint density at radius 3 is 2.58 bits per heavy atom. The van der Waals surface area contributed by atoms with Gasteiger partial charge in [0.05, 0.1) is 11.8 Å². The van der Waals surface area contributed by atoms with Gasteiger partial charge in [0, 0.05) is 22.9 Å². The number of hydrogen-bond donors (Lipinski definition) is 1. The number of halogens is 1. The molecule has 0 saturated heterocycles. The van der Waals surface area contributed by atoms with Gasteiger partial charge in [-0.1, -0.05) is 29.8 Å². The highest BCUT2D eigenvalue weighted by Gasteiger charge is 2.49. The lowest BCUT2D eigenvalue weighted by atomic mass is 10.1. The summed E-state index contributed by atoms with van der Waals surface area (Å²) < 4.78 is 0. The molecule has 26 heavy (non-hydrogen) atoms. The van der Waals surface area contributed by atoms with E-state index in [0.717, 1.165) is 16.8 Å². The number of amides is 2. The summed E-state index contributed by atoms with van der Waals surface area (Å²) in [5.74, 6) is -0.634. The van der Waals surface area contributed by atoms with Crippen LogP contribution in [0.1, 0.15) is 24.5 Å². The van der Waals surface area contributed by atoms with E-state index in [2.05, 4.69) is 5.32 Å². The minimum absolute atomic E-state index is 0.0149. The maximum atomic E-state index is 12.9. The van der Waals surface area contributed by atoms with Crippen molar-refractivity contribution < 1.29 is 9.59 Å². The maximum Gasteiger partial charge on any atom is 0.230 e. The van der Waals surface area contributed by atoms with Crippen molar-refractivity contribution in [2.24, 2.45) is 11.8 Å². The Labute approximate surface area is 159 Å². The van der Waals surface area contributed by atoms with Crippen molar-refractivity contribution in [1.29, 1.82) is 0 Å². The fourth-order valence-corrected chi connectivity index (χ4v) is 3.36. The number of carbonyl (C=O) groups is 2. The first-order valence-corrected chi connectivity index (χ1v) is 9.24. The SMILES string of the molecule is CCN(C(=O)C1CC1C(=O)Nc1cccc(Cl)c1C)c1cccc(C)c1. The summed E-state index contributed by atoms with van der Waals surface area (Å²) in [6.45, 7) is 6.40. The molecule has 1 aliphatic rings. The van der Waals surface area contributed by atoms with E-state index in [1.165, 1.54) is 0 Å². The van der Waals surface area contributed by atoms with Crippen LogP contribution in [0.15, 0.2) is 42.5 Å². The third-order valence-corrected chi connectivity index (χ3v) is 5.28. The minimum atomic E-state index is -0.278. The summed E-state index contributed by atoms with van der Waals surface area (Å²) in [5, 5.41) is 3.52. The third-order valence-electron chi connectivity index (χ3n) is 4.87. The lowest BCUT2D eigenvalue weighted by Crippen LogP contribution is -2.33. The average molecular weight is 371 g/mol. The first-order chi connectivity index (χ1) is 12.4. The van der Waals surface area contributed by atoms with E-state index in [-0.39, 0.29) is 23.7 Å². The summed E-state index contributed by atoms with van der Waals surface area (Å²) in [6, 6.07) is 13.3. The van der Waals surface area contributed by atoms with E-state index >= 15 is 0 Å². The van der Waals surface area contributed by atoms with Crippen LogP contribution in [-0.2, 0) is 9.59 Å². The first kappa shape index (κ1) is 18.5. The van der Waals surface area contributed by atoms with Gasteiger partial charge < -0.3 is 10.2 Å². The minimum Gasteiger partial charge on any atom is -0.326 e. The number of anilines is 2. The van der Waals surface area contributed by atoms with Crippen LogP contribution in [0.25, 0.3) is 0 Å². The molecule has 2 aromatic rings. The standard InChI is InChI=1S/C21H23ClN2O2/c1-4-24(15-8-5-7-13(2)11-15)21(26)17-12-16(17)20(25)23-19-10-6-9-18(22)14(19)3/h5-11,16-17H,4,12H2,1-3H3,(H,23,25). The Kier molecular flexibility index (Phi) is 5.33. The summed E-state index contributed by atoms with van der Waals surface area (Å²) in [5.41, 5.74) is 3.53. The van der Waals surface area contributed by atoms with Crippen molar-refractivity contribution in [3.8, 4) is 0 Å². The molecule has 0 spiro atoms. The molecule has 0 bridgehead atoms. The number of hydrogen-bond acceptors (Lipinski definition) is 2. The Morgan fingerprint density at radius 1 is 1.15 bits per heavy atom. The second-order valence-corrected chi connectivity index (χ2v) is 7.18. The zero-order chi connectivity index (χ0) is 18.8. The summed E-state index contributed by atoms with van der Waals surface area (Å²) in [4.78, 5) is 27.2. The van der Waals surface area contributed by atoms with Crippen molar-refractivity contribution in [3.05, 3.63) is 58.6 Å². The lowest BCUT2D eigenvalue weighted by molar-refractivity contribution is -0.123. The third kappa shape index (κ3) is 3.75. The van der Waals surface area contributed by atoms with Crippen LogP contribution in [0.3, 0.4) is 0 Å². The highest BCUT2D eigenvalue weighted by Crippen LogP contribution is 2.42. The van der Waals surface area contributed by atoms with Crippen LogP contribution >= 0.6 is 11.6 Å². The highest BCUT2D eigenvalue weighted by molar-refractivity contribution is 6.31. The summed E-state index contributed by atoms with van der Waals surface area (Å²) in [7, 11) is 0. The summed E-state index contributed by atoms with van der Waals surface area (Å²) >= 11 is 6.10. The molecule has 2 unspecified atom stereocenters. The monoisotopic (exact) mass is 370 g/mol. The van der Waals surface area contributed by atoms with Gasteiger partial charge in [0.2, 0.25) is 11.8 Å². The van der Waals surface area contributed by atoms with E-state index in [0.29, 0.717) is 23.7 Å². The fourth-order valence-electron chi connectivity index (χ4n) is 3.19. The average Bonchev–Trinajstić information content (AvgIpc) is 3.40. The molecule has 2 atom stereocenters. The van der Waals surface area contributed by atoms with E-state index in [9.17, 15) is 9.59 Å². The van der Waals surface area contributed by atoms with E-state index in [4.69, 9.17) is 11.6 Å². The van der Waals surface area contributed by atoms with Crippen LogP contribution in [-0.4, -0.2) is 18.4 Å². The largest absolute Gasteiger partial charge is 0.326 e. The van der Waals surface area contributed by atoms with Crippen molar-refractivity contribution in [3.63, 3.8) is 0 Å². The van der Waals surface area contributed by atoms with Crippen LogP contribution < -0.4 is 10.2 Å². The van der Waals surface area contributed by atoms with Crippen molar-refractivity contribution in [2.75, 3.05) is 16.8 Å². The van der Waals surface area contributed by atoms with Crippen LogP contribution in [0.2, 0.25) is 5.02 Å². The molecule has 0 aromatic heterocycles. The molecule has 1 N–H and O–H groups in total. The van der Waals surface area contributed by atoms with E-state index < -0.39 is 0 Å². The quantitative estimate of drug-likeness (QED) is 0.837. The van der Waals surface area contributed by atoms with Gasteiger partial charge in [-0.15, -0.1) is 0 Å². The highest BCUT2D eigenvalue weighted by atomic mass is 35.5. The van der Waals surface area contributed by atoms with Crippen LogP contribution in [0.4, 0.5) is 11.4 Å². The Balaban J connectivity index is 1.67. The van der Waals surface area contributed by atoms with Gasteiger partial charge in [-0.2, -0.15) is 0 Å². The normalized spacial score (nSPS) is 18.3. The molecular weight excluding hydrogens is 348 g/mol. The van der Waals surface area contributed by atoms with Crippen molar-refractivity contribution in [2.45, 2.75) is 27.2 Å². The number of aryl methyl sites for hydroxylation is 1. The number of carbonyl (C=O) groups excluding carboxylic acids is 2. The van der Waals surface area contributed by atoms with Gasteiger partial charge in [-0.3, -0.25) is 9.59 Å². The Bertz CT molecular complexity index is 850. The van der Waals surface area contributed by atoms with Gasteiger partial charge >= 0.3 is 0 Å². The van der Waals surface area contributed by atoms with Crippen molar-refractivity contribution in [1.82, 2.24) is 0 Å². The van der Waals surface area contributed by atoms with Gasteiger partial charge in [-0.25, -0.2) is 0 Å². The zero-order valence-corrected chi connectivity index (χ0v) is 16.0. The zero-order valence-electron chi connectivity index (χ0n) is 15.3. The number of nitrogens with one attached hydrogen (secondary N) is 1. The molecule has 136 valence electrons. The number of nitrogens with zero attached hydrogens (tertiary/aromatic N) is 1. The first-order valence-electron chi connectivity index (χ1n) is 8.86. The number of benzene rings is 2. The maximum absolute atomic E-state index is 12.9. The van der Waals surface area contributed by atoms with Crippen LogP contribution in [0, 0.1) is 25.7 Å². The molecular formula is C21H23ClN2O2. The van der Waals surface area contributed by atoms with Crippen molar-refractivity contribution >= 4 is 34.8 Å². The summed E-state index contributed by atoms with van der Waals surface area (Å²) in [6.07, 6.45) is 0.590. The van der Waals surface area contributed by atoms with E-state index in [1.807, 2.05) is 51.1 Å². The van der Waals surface area contributed by atoms with Gasteiger partial charge in [-0.05, 0) is 62.6 Å². The smallest absolute Gasteiger partial charge is 0.230 e. The van der Waals surface area contributed by atoms with Gasteiger partial charge in [0.1, 0.15) is 0 Å². The lowest BCUT2D eigenvalue weighted by Gasteiger charge is -2.21. The predicted molar refractivity (Wildman–Crippen MR) is 106 cm³/mol. The van der Waals surface area contributed by atoms with Gasteiger partial charge in [0.15, 0.2) is 0 Å². The molecule has 1 fully saturated rings. The molecule has 5 heteroatoms. The molecule has 0 radical (unpaired) electrons. The second kappa shape index (κ2) is 7.50. The Hall–Kier alpha value is -2.33. The molecule has 1 saturated carbocycles. The molecule has 0 heterocycles. The van der Waals surface area contributed by atoms with E-state index in [1.54, 1.807) is 17.0 Å². The van der Waals surface area contributed by atoms with Crippen LogP contribution in [0.5, 0.6) is 0 Å². The fraction of sp³-hybridized carbons (Fsp3) is 0.333. The molecule has 4 nitrogen and oxygen atoms in total. The Morgan fingerprint density at radius 2 is 1.88 bits per heavy atom. The molecule has 2 amide bonds. The molecule has 0 aliphatic heterocycles. The predicted octanol–water partition coefficient (Wildman–Crippen LogP) is 4.58. The second-order valence-electron chi connectivity index (χ2n) is 6.77. The topological polar surface area (TPSA) is 49.4 Å². The molecule has 2 aromatic carbocycles. The number of rotatable bonds is 5. The molecule has 1 aliphatic carbocycles.